The topological polar surface area (TPSA) is 73.9 Å². The summed E-state index contributed by atoms with van der Waals surface area (Å²) in [6.45, 7) is 3.81. The zero-order valence-electron chi connectivity index (χ0n) is 9.06. The van der Waals surface area contributed by atoms with Crippen LogP contribution in [0.4, 0.5) is 5.69 Å². The van der Waals surface area contributed by atoms with Crippen LogP contribution in [-0.2, 0) is 0 Å². The average Bonchev–Trinajstić information content (AvgIpc) is 2.39. The highest BCUT2D eigenvalue weighted by molar-refractivity contribution is 6.02. The molecular weight excluding hydrogens is 204 g/mol. The van der Waals surface area contributed by atoms with Crippen molar-refractivity contribution >= 4 is 11.5 Å². The van der Waals surface area contributed by atoms with Gasteiger partial charge in [0.25, 0.3) is 0 Å². The molecule has 1 aromatic rings. The van der Waals surface area contributed by atoms with E-state index in [1.807, 2.05) is 24.3 Å². The van der Waals surface area contributed by atoms with Crippen LogP contribution in [0.25, 0.3) is 0 Å². The second-order valence-electron chi connectivity index (χ2n) is 3.74. The average molecular weight is 220 g/mol. The van der Waals surface area contributed by atoms with Crippen molar-refractivity contribution in [1.29, 1.82) is 0 Å². The fourth-order valence-electron chi connectivity index (χ4n) is 1.93. The van der Waals surface area contributed by atoms with E-state index in [1.165, 1.54) is 0 Å². The summed E-state index contributed by atoms with van der Waals surface area (Å²) >= 11 is 0. The lowest BCUT2D eigenvalue weighted by Crippen LogP contribution is -2.44. The van der Waals surface area contributed by atoms with Gasteiger partial charge in [0.05, 0.1) is 0 Å². The first-order chi connectivity index (χ1) is 7.83. The number of piperazine rings is 1. The van der Waals surface area contributed by atoms with Crippen LogP contribution in [0, 0.1) is 0 Å². The van der Waals surface area contributed by atoms with Gasteiger partial charge in [-0.1, -0.05) is 17.3 Å². The van der Waals surface area contributed by atoms with E-state index in [9.17, 15) is 0 Å². The number of nitrogens with zero attached hydrogens (tertiary/aromatic N) is 2. The lowest BCUT2D eigenvalue weighted by atomic mass is 10.1. The Morgan fingerprint density at radius 3 is 2.69 bits per heavy atom. The van der Waals surface area contributed by atoms with Crippen LogP contribution in [0.3, 0.4) is 0 Å². The Morgan fingerprint density at radius 2 is 2.00 bits per heavy atom. The Labute approximate surface area is 94.5 Å². The number of hydrogen-bond acceptors (Lipinski definition) is 4. The molecule has 0 atom stereocenters. The third-order valence-electron chi connectivity index (χ3n) is 2.75. The number of nitrogens with one attached hydrogen (secondary N) is 1. The maximum atomic E-state index is 8.74. The predicted octanol–water partition coefficient (Wildman–Crippen LogP) is 0.191. The van der Waals surface area contributed by atoms with E-state index in [1.54, 1.807) is 0 Å². The summed E-state index contributed by atoms with van der Waals surface area (Å²) in [6.07, 6.45) is 0. The summed E-state index contributed by atoms with van der Waals surface area (Å²) < 4.78 is 0. The minimum absolute atomic E-state index is 0.161. The predicted molar refractivity (Wildman–Crippen MR) is 64.0 cm³/mol. The second kappa shape index (κ2) is 4.85. The van der Waals surface area contributed by atoms with E-state index in [4.69, 9.17) is 10.9 Å². The van der Waals surface area contributed by atoms with Gasteiger partial charge < -0.3 is 21.2 Å². The zero-order valence-corrected chi connectivity index (χ0v) is 9.06. The lowest BCUT2D eigenvalue weighted by molar-refractivity contribution is 0.318. The van der Waals surface area contributed by atoms with Gasteiger partial charge in [-0.2, -0.15) is 0 Å². The fourth-order valence-corrected chi connectivity index (χ4v) is 1.93. The molecule has 1 aliphatic heterocycles. The summed E-state index contributed by atoms with van der Waals surface area (Å²) in [6, 6.07) is 7.72. The largest absolute Gasteiger partial charge is 0.409 e. The van der Waals surface area contributed by atoms with Gasteiger partial charge in [-0.15, -0.1) is 0 Å². The quantitative estimate of drug-likeness (QED) is 0.288. The van der Waals surface area contributed by atoms with Crippen LogP contribution in [0.15, 0.2) is 29.4 Å². The molecule has 16 heavy (non-hydrogen) atoms. The molecule has 0 aromatic heterocycles. The van der Waals surface area contributed by atoms with E-state index >= 15 is 0 Å². The van der Waals surface area contributed by atoms with E-state index in [-0.39, 0.29) is 5.84 Å². The summed E-state index contributed by atoms with van der Waals surface area (Å²) in [5.41, 5.74) is 7.47. The fraction of sp³-hybridized carbons (Fsp3) is 0.364. The summed E-state index contributed by atoms with van der Waals surface area (Å²) in [7, 11) is 0. The number of para-hydroxylation sites is 1. The number of hydrogen-bond donors (Lipinski definition) is 3. The van der Waals surface area contributed by atoms with Gasteiger partial charge in [-0.3, -0.25) is 0 Å². The van der Waals surface area contributed by atoms with Gasteiger partial charge >= 0.3 is 0 Å². The van der Waals surface area contributed by atoms with Gasteiger partial charge in [-0.05, 0) is 12.1 Å². The highest BCUT2D eigenvalue weighted by Crippen LogP contribution is 2.20. The molecule has 0 bridgehead atoms. The number of benzene rings is 1. The molecule has 0 spiro atoms. The monoisotopic (exact) mass is 220 g/mol. The molecule has 1 saturated heterocycles. The number of rotatable bonds is 2. The molecule has 86 valence electrons. The molecule has 0 aliphatic carbocycles. The van der Waals surface area contributed by atoms with Gasteiger partial charge in [0.15, 0.2) is 5.84 Å². The van der Waals surface area contributed by atoms with Crippen molar-refractivity contribution in [2.75, 3.05) is 31.1 Å². The maximum absolute atomic E-state index is 8.74. The van der Waals surface area contributed by atoms with Crippen molar-refractivity contribution in [2.24, 2.45) is 10.9 Å². The van der Waals surface area contributed by atoms with Crippen molar-refractivity contribution in [3.8, 4) is 0 Å². The van der Waals surface area contributed by atoms with Crippen LogP contribution in [0.1, 0.15) is 5.56 Å². The molecule has 1 aromatic carbocycles. The molecule has 2 rings (SSSR count). The Kier molecular flexibility index (Phi) is 3.26. The summed E-state index contributed by atoms with van der Waals surface area (Å²) in [5, 5.41) is 15.1. The Bertz CT molecular complexity index is 385. The first-order valence-electron chi connectivity index (χ1n) is 5.35. The molecule has 1 aliphatic rings. The van der Waals surface area contributed by atoms with Crippen molar-refractivity contribution in [3.63, 3.8) is 0 Å². The molecule has 1 fully saturated rings. The van der Waals surface area contributed by atoms with Crippen LogP contribution in [0.2, 0.25) is 0 Å². The Hall–Kier alpha value is -1.75. The highest BCUT2D eigenvalue weighted by atomic mass is 16.4. The van der Waals surface area contributed by atoms with E-state index in [2.05, 4.69) is 15.4 Å². The Balaban J connectivity index is 2.31. The third-order valence-corrected chi connectivity index (χ3v) is 2.75. The summed E-state index contributed by atoms with van der Waals surface area (Å²) in [5.74, 6) is 0.161. The van der Waals surface area contributed by atoms with Gasteiger partial charge in [0, 0.05) is 37.4 Å². The third kappa shape index (κ3) is 2.09. The second-order valence-corrected chi connectivity index (χ2v) is 3.74. The molecule has 5 heteroatoms. The van der Waals surface area contributed by atoms with Gasteiger partial charge in [0.2, 0.25) is 0 Å². The van der Waals surface area contributed by atoms with Crippen LogP contribution in [-0.4, -0.2) is 37.2 Å². The zero-order chi connectivity index (χ0) is 11.4. The van der Waals surface area contributed by atoms with E-state index in [0.717, 1.165) is 37.4 Å². The van der Waals surface area contributed by atoms with Crippen molar-refractivity contribution < 1.29 is 5.21 Å². The number of anilines is 1. The van der Waals surface area contributed by atoms with Gasteiger partial charge in [0.1, 0.15) is 0 Å². The first kappa shape index (κ1) is 10.8. The van der Waals surface area contributed by atoms with Crippen molar-refractivity contribution in [3.05, 3.63) is 29.8 Å². The molecule has 0 saturated carbocycles. The van der Waals surface area contributed by atoms with Crippen LogP contribution >= 0.6 is 0 Å². The highest BCUT2D eigenvalue weighted by Gasteiger charge is 2.15. The molecule has 4 N–H and O–H groups in total. The van der Waals surface area contributed by atoms with Gasteiger partial charge in [-0.25, -0.2) is 0 Å². The maximum Gasteiger partial charge on any atom is 0.172 e. The van der Waals surface area contributed by atoms with Crippen molar-refractivity contribution in [1.82, 2.24) is 5.32 Å². The van der Waals surface area contributed by atoms with E-state index in [0.29, 0.717) is 0 Å². The summed E-state index contributed by atoms with van der Waals surface area (Å²) in [4.78, 5) is 2.24. The standard InChI is InChI=1S/C11H16N4O/c12-11(14-16)9-3-1-2-4-10(9)15-7-5-13-6-8-15/h1-4,13,16H,5-8H2,(H2,12,14). The number of oxime groups is 1. The lowest BCUT2D eigenvalue weighted by Gasteiger charge is -2.30. The molecule has 0 radical (unpaired) electrons. The van der Waals surface area contributed by atoms with Crippen molar-refractivity contribution in [2.45, 2.75) is 0 Å². The minimum Gasteiger partial charge on any atom is -0.409 e. The number of nitrogens with two attached hydrogens (primary N) is 1. The first-order valence-corrected chi connectivity index (χ1v) is 5.35. The normalized spacial score (nSPS) is 17.5. The van der Waals surface area contributed by atoms with Crippen LogP contribution in [0.5, 0.6) is 0 Å². The SMILES string of the molecule is N/C(=N/O)c1ccccc1N1CCNCC1. The number of amidine groups is 1. The molecule has 0 amide bonds. The molecule has 5 nitrogen and oxygen atoms in total. The van der Waals surface area contributed by atoms with E-state index < -0.39 is 0 Å². The smallest absolute Gasteiger partial charge is 0.172 e. The molecule has 1 heterocycles. The minimum atomic E-state index is 0.161. The molecular formula is C11H16N4O. The van der Waals surface area contributed by atoms with Crippen LogP contribution < -0.4 is 16.0 Å². The Morgan fingerprint density at radius 1 is 1.31 bits per heavy atom. The molecule has 0 unspecified atom stereocenters.